The summed E-state index contributed by atoms with van der Waals surface area (Å²) in [5.41, 5.74) is 4.82. The zero-order valence-electron chi connectivity index (χ0n) is 20.2. The molecule has 0 fully saturated rings. The highest BCUT2D eigenvalue weighted by Gasteiger charge is 2.25. The SMILES string of the molecule is O=C(NCc1ccccc1)c1c(N=Cc2ccc(OCc3ccccc3Cl)c(Br)c2)sc2c1CCCC2. The van der Waals surface area contributed by atoms with Gasteiger partial charge in [0.1, 0.15) is 17.4 Å². The molecule has 1 amide bonds. The van der Waals surface area contributed by atoms with E-state index in [-0.39, 0.29) is 5.91 Å². The van der Waals surface area contributed by atoms with E-state index in [1.165, 1.54) is 10.4 Å². The van der Waals surface area contributed by atoms with Crippen LogP contribution < -0.4 is 10.1 Å². The number of aliphatic imine (C=N–C) groups is 1. The summed E-state index contributed by atoms with van der Waals surface area (Å²) < 4.78 is 6.79. The van der Waals surface area contributed by atoms with E-state index in [1.54, 1.807) is 11.3 Å². The lowest BCUT2D eigenvalue weighted by molar-refractivity contribution is 0.0951. The molecule has 188 valence electrons. The van der Waals surface area contributed by atoms with Crippen LogP contribution in [0.5, 0.6) is 5.75 Å². The van der Waals surface area contributed by atoms with Gasteiger partial charge in [-0.05, 0) is 82.6 Å². The van der Waals surface area contributed by atoms with Gasteiger partial charge in [0, 0.05) is 28.2 Å². The molecule has 4 aromatic rings. The molecule has 0 radical (unpaired) electrons. The Hall–Kier alpha value is -2.93. The molecule has 1 heterocycles. The number of hydrogen-bond acceptors (Lipinski definition) is 4. The minimum atomic E-state index is -0.0556. The second-order valence-corrected chi connectivity index (χ2v) is 11.2. The molecule has 0 spiro atoms. The van der Waals surface area contributed by atoms with Gasteiger partial charge in [-0.1, -0.05) is 60.1 Å². The summed E-state index contributed by atoms with van der Waals surface area (Å²) in [6.07, 6.45) is 6.02. The Morgan fingerprint density at radius 1 is 1.05 bits per heavy atom. The third-order valence-corrected chi connectivity index (χ3v) is 8.49. The number of rotatable bonds is 8. The lowest BCUT2D eigenvalue weighted by atomic mass is 9.95. The number of fused-ring (bicyclic) bond motifs is 1. The fourth-order valence-corrected chi connectivity index (χ4v) is 6.29. The third kappa shape index (κ3) is 6.32. The molecule has 4 nitrogen and oxygen atoms in total. The topological polar surface area (TPSA) is 50.7 Å². The maximum Gasteiger partial charge on any atom is 0.254 e. The Kier molecular flexibility index (Phi) is 8.39. The zero-order valence-corrected chi connectivity index (χ0v) is 23.3. The van der Waals surface area contributed by atoms with E-state index in [2.05, 4.69) is 21.2 Å². The van der Waals surface area contributed by atoms with Crippen molar-refractivity contribution in [1.82, 2.24) is 5.32 Å². The van der Waals surface area contributed by atoms with Gasteiger partial charge in [-0.15, -0.1) is 11.3 Å². The lowest BCUT2D eigenvalue weighted by Crippen LogP contribution is -2.24. The smallest absolute Gasteiger partial charge is 0.254 e. The summed E-state index contributed by atoms with van der Waals surface area (Å²) in [6, 6.07) is 23.5. The normalized spacial score (nSPS) is 12.9. The molecule has 0 atom stereocenters. The van der Waals surface area contributed by atoms with Crippen LogP contribution in [0.1, 0.15) is 50.3 Å². The Balaban J connectivity index is 1.32. The van der Waals surface area contributed by atoms with Crippen molar-refractivity contribution in [2.75, 3.05) is 0 Å². The van der Waals surface area contributed by atoms with Gasteiger partial charge in [0.05, 0.1) is 10.0 Å². The first-order valence-electron chi connectivity index (χ1n) is 12.2. The van der Waals surface area contributed by atoms with Crippen molar-refractivity contribution in [3.8, 4) is 5.75 Å². The van der Waals surface area contributed by atoms with Crippen LogP contribution >= 0.6 is 38.9 Å². The van der Waals surface area contributed by atoms with Crippen molar-refractivity contribution in [3.63, 3.8) is 0 Å². The number of thiophene rings is 1. The van der Waals surface area contributed by atoms with Crippen molar-refractivity contribution in [2.24, 2.45) is 4.99 Å². The number of ether oxygens (including phenoxy) is 1. The maximum atomic E-state index is 13.3. The highest BCUT2D eigenvalue weighted by Crippen LogP contribution is 2.40. The molecule has 0 bridgehead atoms. The van der Waals surface area contributed by atoms with Crippen LogP contribution in [0.25, 0.3) is 0 Å². The van der Waals surface area contributed by atoms with E-state index < -0.39 is 0 Å². The molecule has 1 N–H and O–H groups in total. The molecule has 1 aromatic heterocycles. The van der Waals surface area contributed by atoms with E-state index in [9.17, 15) is 4.79 Å². The molecule has 37 heavy (non-hydrogen) atoms. The van der Waals surface area contributed by atoms with Crippen LogP contribution in [0.4, 0.5) is 5.00 Å². The highest BCUT2D eigenvalue weighted by molar-refractivity contribution is 9.10. The summed E-state index contributed by atoms with van der Waals surface area (Å²) >= 11 is 11.5. The Bertz CT molecular complexity index is 1440. The highest BCUT2D eigenvalue weighted by atomic mass is 79.9. The monoisotopic (exact) mass is 592 g/mol. The van der Waals surface area contributed by atoms with Gasteiger partial charge < -0.3 is 10.1 Å². The first-order valence-corrected chi connectivity index (χ1v) is 14.2. The second-order valence-electron chi connectivity index (χ2n) is 8.89. The van der Waals surface area contributed by atoms with Crippen LogP contribution in [0.3, 0.4) is 0 Å². The summed E-state index contributed by atoms with van der Waals surface area (Å²) in [7, 11) is 0. The Morgan fingerprint density at radius 2 is 1.84 bits per heavy atom. The van der Waals surface area contributed by atoms with E-state index >= 15 is 0 Å². The molecule has 0 unspecified atom stereocenters. The first kappa shape index (κ1) is 25.7. The third-order valence-electron chi connectivity index (χ3n) is 6.30. The molecule has 1 aliphatic carbocycles. The number of benzene rings is 3. The number of nitrogens with one attached hydrogen (secondary N) is 1. The number of hydrogen-bond donors (Lipinski definition) is 1. The van der Waals surface area contributed by atoms with Crippen molar-refractivity contribution in [3.05, 3.63) is 115 Å². The predicted octanol–water partition coefficient (Wildman–Crippen LogP) is 8.30. The summed E-state index contributed by atoms with van der Waals surface area (Å²) in [5.74, 6) is 0.671. The van der Waals surface area contributed by atoms with Crippen LogP contribution in [0.15, 0.2) is 82.3 Å². The number of amides is 1. The number of carbonyl (C=O) groups is 1. The van der Waals surface area contributed by atoms with E-state index in [0.717, 1.165) is 63.2 Å². The van der Waals surface area contributed by atoms with Gasteiger partial charge in [-0.2, -0.15) is 0 Å². The average Bonchev–Trinajstić information content (AvgIpc) is 3.30. The van der Waals surface area contributed by atoms with Crippen molar-refractivity contribution in [2.45, 2.75) is 38.8 Å². The lowest BCUT2D eigenvalue weighted by Gasteiger charge is -2.13. The standard InChI is InChI=1S/C30H26BrClN2O2S/c31-24-16-21(14-15-26(24)36-19-22-10-4-6-12-25(22)32)18-34-30-28(23-11-5-7-13-27(23)37-30)29(35)33-17-20-8-2-1-3-9-20/h1-4,6,8-10,12,14-16,18H,5,7,11,13,17,19H2,(H,33,35). The summed E-state index contributed by atoms with van der Waals surface area (Å²) in [4.78, 5) is 19.4. The van der Waals surface area contributed by atoms with E-state index in [4.69, 9.17) is 21.3 Å². The van der Waals surface area contributed by atoms with Gasteiger partial charge >= 0.3 is 0 Å². The molecular formula is C30H26BrClN2O2S. The van der Waals surface area contributed by atoms with Crippen LogP contribution in [0.2, 0.25) is 5.02 Å². The summed E-state index contributed by atoms with van der Waals surface area (Å²) in [5, 5.41) is 4.55. The molecule has 0 aliphatic heterocycles. The van der Waals surface area contributed by atoms with E-state index in [0.29, 0.717) is 18.2 Å². The quantitative estimate of drug-likeness (QED) is 0.209. The zero-order chi connectivity index (χ0) is 25.6. The molecule has 0 saturated heterocycles. The molecule has 1 aliphatic rings. The fourth-order valence-electron chi connectivity index (χ4n) is 4.36. The summed E-state index contributed by atoms with van der Waals surface area (Å²) in [6.45, 7) is 0.879. The Labute approximate surface area is 234 Å². The van der Waals surface area contributed by atoms with Crippen LogP contribution in [0, 0.1) is 0 Å². The first-order chi connectivity index (χ1) is 18.1. The average molecular weight is 594 g/mol. The molecule has 7 heteroatoms. The van der Waals surface area contributed by atoms with E-state index in [1.807, 2.05) is 79.0 Å². The molecular weight excluding hydrogens is 568 g/mol. The molecule has 3 aromatic carbocycles. The minimum Gasteiger partial charge on any atom is -0.488 e. The molecule has 0 saturated carbocycles. The predicted molar refractivity (Wildman–Crippen MR) is 156 cm³/mol. The number of carbonyl (C=O) groups excluding carboxylic acids is 1. The van der Waals surface area contributed by atoms with Gasteiger partial charge in [-0.25, -0.2) is 4.99 Å². The fraction of sp³-hybridized carbons (Fsp3) is 0.200. The molecule has 5 rings (SSSR count). The number of nitrogens with zero attached hydrogens (tertiary/aromatic N) is 1. The maximum absolute atomic E-state index is 13.3. The Morgan fingerprint density at radius 3 is 2.65 bits per heavy atom. The minimum absolute atomic E-state index is 0.0556. The number of halogens is 2. The van der Waals surface area contributed by atoms with Crippen molar-refractivity contribution < 1.29 is 9.53 Å². The van der Waals surface area contributed by atoms with Gasteiger partial charge in [0.25, 0.3) is 5.91 Å². The number of aryl methyl sites for hydroxylation is 1. The van der Waals surface area contributed by atoms with Gasteiger partial charge in [0.15, 0.2) is 0 Å². The van der Waals surface area contributed by atoms with Gasteiger partial charge in [-0.3, -0.25) is 4.79 Å². The van der Waals surface area contributed by atoms with Gasteiger partial charge in [0.2, 0.25) is 0 Å². The van der Waals surface area contributed by atoms with Crippen molar-refractivity contribution >= 4 is 56.0 Å². The van der Waals surface area contributed by atoms with Crippen LogP contribution in [-0.2, 0) is 26.0 Å². The second kappa shape index (κ2) is 12.1. The van der Waals surface area contributed by atoms with Crippen molar-refractivity contribution in [1.29, 1.82) is 0 Å². The largest absolute Gasteiger partial charge is 0.488 e. The van der Waals surface area contributed by atoms with Crippen LogP contribution in [-0.4, -0.2) is 12.1 Å².